The Morgan fingerprint density at radius 3 is 2.47 bits per heavy atom. The molecule has 0 aliphatic rings. The number of hydrogen-bond donors (Lipinski definition) is 1. The summed E-state index contributed by atoms with van der Waals surface area (Å²) in [5.74, 6) is 0. The van der Waals surface area contributed by atoms with Gasteiger partial charge in [0.1, 0.15) is 0 Å². The van der Waals surface area contributed by atoms with Crippen molar-refractivity contribution in [1.82, 2.24) is 5.32 Å². The lowest BCUT2D eigenvalue weighted by Gasteiger charge is -2.21. The summed E-state index contributed by atoms with van der Waals surface area (Å²) in [5, 5.41) is 3.49. The van der Waals surface area contributed by atoms with Crippen molar-refractivity contribution < 1.29 is 4.74 Å². The summed E-state index contributed by atoms with van der Waals surface area (Å²) in [6.45, 7) is 12.2. The number of ether oxygens (including phenoxy) is 1. The lowest BCUT2D eigenvalue weighted by Crippen LogP contribution is -2.28. The van der Waals surface area contributed by atoms with E-state index in [1.807, 2.05) is 0 Å². The van der Waals surface area contributed by atoms with Crippen molar-refractivity contribution in [3.63, 3.8) is 0 Å². The van der Waals surface area contributed by atoms with Crippen LogP contribution in [0.4, 0.5) is 0 Å². The van der Waals surface area contributed by atoms with Gasteiger partial charge in [-0.25, -0.2) is 0 Å². The summed E-state index contributed by atoms with van der Waals surface area (Å²) < 4.78 is 5.68. The Morgan fingerprint density at radius 2 is 1.88 bits per heavy atom. The fraction of sp³-hybridized carbons (Fsp3) is 0.600. The van der Waals surface area contributed by atoms with Gasteiger partial charge in [-0.05, 0) is 45.7 Å². The molecule has 0 unspecified atom stereocenters. The topological polar surface area (TPSA) is 21.3 Å². The molecular weight excluding hydrogens is 210 g/mol. The molecule has 0 fully saturated rings. The van der Waals surface area contributed by atoms with E-state index in [1.165, 1.54) is 11.1 Å². The first-order valence-corrected chi connectivity index (χ1v) is 6.33. The zero-order valence-corrected chi connectivity index (χ0v) is 11.7. The van der Waals surface area contributed by atoms with Crippen LogP contribution in [0.25, 0.3) is 0 Å². The second-order valence-electron chi connectivity index (χ2n) is 5.49. The normalized spacial score (nSPS) is 13.7. The van der Waals surface area contributed by atoms with E-state index < -0.39 is 0 Å². The third-order valence-corrected chi connectivity index (χ3v) is 2.74. The Hall–Kier alpha value is -0.860. The molecule has 0 aromatic heterocycles. The first-order valence-electron chi connectivity index (χ1n) is 6.33. The van der Waals surface area contributed by atoms with Gasteiger partial charge in [-0.1, -0.05) is 24.3 Å². The quantitative estimate of drug-likeness (QED) is 0.789. The second kappa shape index (κ2) is 6.18. The molecule has 96 valence electrons. The van der Waals surface area contributed by atoms with E-state index in [0.717, 1.165) is 13.2 Å². The molecule has 0 aliphatic carbocycles. The molecular formula is C15H25NO. The van der Waals surface area contributed by atoms with Crippen molar-refractivity contribution in [1.29, 1.82) is 0 Å². The highest BCUT2D eigenvalue weighted by Crippen LogP contribution is 2.16. The van der Waals surface area contributed by atoms with Crippen LogP contribution >= 0.6 is 0 Å². The number of benzene rings is 1. The van der Waals surface area contributed by atoms with Crippen molar-refractivity contribution >= 4 is 0 Å². The third kappa shape index (κ3) is 5.33. The molecule has 0 amide bonds. The maximum atomic E-state index is 5.68. The number of nitrogens with one attached hydrogen (secondary N) is 1. The van der Waals surface area contributed by atoms with Crippen LogP contribution in [-0.2, 0) is 4.74 Å². The van der Waals surface area contributed by atoms with E-state index in [1.54, 1.807) is 0 Å². The summed E-state index contributed by atoms with van der Waals surface area (Å²) in [4.78, 5) is 0. The van der Waals surface area contributed by atoms with Crippen molar-refractivity contribution in [3.05, 3.63) is 35.4 Å². The van der Waals surface area contributed by atoms with Crippen LogP contribution in [0.15, 0.2) is 24.3 Å². The zero-order chi connectivity index (χ0) is 12.9. The molecule has 1 N–H and O–H groups in total. The molecule has 0 saturated heterocycles. The molecule has 1 rings (SSSR count). The molecule has 0 spiro atoms. The van der Waals surface area contributed by atoms with Gasteiger partial charge in [-0.3, -0.25) is 0 Å². The fourth-order valence-electron chi connectivity index (χ4n) is 1.82. The predicted octanol–water partition coefficient (Wildman–Crippen LogP) is 3.46. The van der Waals surface area contributed by atoms with Gasteiger partial charge in [0, 0.05) is 12.6 Å². The molecule has 1 aromatic rings. The highest BCUT2D eigenvalue weighted by atomic mass is 16.5. The van der Waals surface area contributed by atoms with Crippen molar-refractivity contribution in [2.45, 2.75) is 46.3 Å². The Morgan fingerprint density at radius 1 is 1.24 bits per heavy atom. The minimum Gasteiger partial charge on any atom is -0.375 e. The molecule has 0 aliphatic heterocycles. The second-order valence-corrected chi connectivity index (χ2v) is 5.49. The smallest absolute Gasteiger partial charge is 0.0599 e. The zero-order valence-electron chi connectivity index (χ0n) is 11.7. The van der Waals surface area contributed by atoms with Crippen LogP contribution in [-0.4, -0.2) is 18.8 Å². The average Bonchev–Trinajstić information content (AvgIpc) is 2.23. The van der Waals surface area contributed by atoms with Gasteiger partial charge >= 0.3 is 0 Å². The van der Waals surface area contributed by atoms with E-state index in [0.29, 0.717) is 6.04 Å². The first-order chi connectivity index (χ1) is 7.90. The maximum absolute atomic E-state index is 5.68. The summed E-state index contributed by atoms with van der Waals surface area (Å²) in [6, 6.07) is 8.87. The Bertz CT molecular complexity index is 341. The Labute approximate surface area is 105 Å². The molecule has 1 aromatic carbocycles. The van der Waals surface area contributed by atoms with Gasteiger partial charge < -0.3 is 10.1 Å². The predicted molar refractivity (Wildman–Crippen MR) is 73.3 cm³/mol. The molecule has 0 bridgehead atoms. The minimum absolute atomic E-state index is 0.0480. The minimum atomic E-state index is -0.0480. The first kappa shape index (κ1) is 14.2. The van der Waals surface area contributed by atoms with Gasteiger partial charge in [0.25, 0.3) is 0 Å². The Kier molecular flexibility index (Phi) is 5.16. The molecule has 2 heteroatoms. The van der Waals surface area contributed by atoms with Gasteiger partial charge in [0.2, 0.25) is 0 Å². The summed E-state index contributed by atoms with van der Waals surface area (Å²) in [5.41, 5.74) is 2.65. The molecule has 0 saturated carbocycles. The number of aryl methyl sites for hydroxylation is 1. The van der Waals surface area contributed by atoms with Crippen molar-refractivity contribution in [2.75, 3.05) is 13.2 Å². The summed E-state index contributed by atoms with van der Waals surface area (Å²) in [6.07, 6.45) is 0. The maximum Gasteiger partial charge on any atom is 0.0599 e. The van der Waals surface area contributed by atoms with Crippen LogP contribution in [0, 0.1) is 6.92 Å². The lowest BCUT2D eigenvalue weighted by atomic mass is 10.0. The van der Waals surface area contributed by atoms with Crippen LogP contribution in [0.3, 0.4) is 0 Å². The van der Waals surface area contributed by atoms with Gasteiger partial charge in [-0.2, -0.15) is 0 Å². The highest BCUT2D eigenvalue weighted by molar-refractivity contribution is 5.28. The van der Waals surface area contributed by atoms with Crippen LogP contribution in [0.5, 0.6) is 0 Å². The number of rotatable bonds is 5. The van der Waals surface area contributed by atoms with E-state index in [2.05, 4.69) is 64.2 Å². The van der Waals surface area contributed by atoms with E-state index in [4.69, 9.17) is 4.74 Å². The van der Waals surface area contributed by atoms with Crippen LogP contribution < -0.4 is 5.32 Å². The van der Waals surface area contributed by atoms with Crippen LogP contribution in [0.2, 0.25) is 0 Å². The molecule has 2 nitrogen and oxygen atoms in total. The molecule has 0 radical (unpaired) electrons. The standard InChI is InChI=1S/C15H25NO/c1-12-8-6-7-9-14(12)13(2)16-10-11-17-15(3,4)5/h6-9,13,16H,10-11H2,1-5H3/t13-/m0/s1. The molecule has 0 heterocycles. The monoisotopic (exact) mass is 235 g/mol. The largest absolute Gasteiger partial charge is 0.375 e. The summed E-state index contributed by atoms with van der Waals surface area (Å²) in [7, 11) is 0. The fourth-order valence-corrected chi connectivity index (χ4v) is 1.82. The highest BCUT2D eigenvalue weighted by Gasteiger charge is 2.10. The average molecular weight is 235 g/mol. The van der Waals surface area contributed by atoms with E-state index in [9.17, 15) is 0 Å². The van der Waals surface area contributed by atoms with Crippen molar-refractivity contribution in [3.8, 4) is 0 Å². The van der Waals surface area contributed by atoms with Crippen LogP contribution in [0.1, 0.15) is 44.9 Å². The molecule has 1 atom stereocenters. The summed E-state index contributed by atoms with van der Waals surface area (Å²) >= 11 is 0. The van der Waals surface area contributed by atoms with Gasteiger partial charge in [0.15, 0.2) is 0 Å². The van der Waals surface area contributed by atoms with Gasteiger partial charge in [0.05, 0.1) is 12.2 Å². The SMILES string of the molecule is Cc1ccccc1[C@H](C)NCCOC(C)(C)C. The van der Waals surface area contributed by atoms with E-state index >= 15 is 0 Å². The van der Waals surface area contributed by atoms with Gasteiger partial charge in [-0.15, -0.1) is 0 Å². The third-order valence-electron chi connectivity index (χ3n) is 2.74. The molecule has 17 heavy (non-hydrogen) atoms. The van der Waals surface area contributed by atoms with E-state index in [-0.39, 0.29) is 5.60 Å². The lowest BCUT2D eigenvalue weighted by molar-refractivity contribution is -0.00150. The Balaban J connectivity index is 2.36. The number of hydrogen-bond acceptors (Lipinski definition) is 2. The van der Waals surface area contributed by atoms with Crippen molar-refractivity contribution in [2.24, 2.45) is 0 Å².